The van der Waals surface area contributed by atoms with Crippen molar-refractivity contribution >= 4 is 0 Å². The molecule has 0 aromatic heterocycles. The van der Waals surface area contributed by atoms with E-state index >= 15 is 0 Å². The Labute approximate surface area is 88.0 Å². The highest BCUT2D eigenvalue weighted by molar-refractivity contribution is 5.11. The van der Waals surface area contributed by atoms with Gasteiger partial charge >= 0.3 is 0 Å². The molecule has 14 heavy (non-hydrogen) atoms. The van der Waals surface area contributed by atoms with Gasteiger partial charge in [0, 0.05) is 6.04 Å². The molecule has 1 N–H and O–H groups in total. The van der Waals surface area contributed by atoms with E-state index < -0.39 is 0 Å². The van der Waals surface area contributed by atoms with Gasteiger partial charge in [0.15, 0.2) is 0 Å². The van der Waals surface area contributed by atoms with Crippen molar-refractivity contribution in [1.29, 1.82) is 0 Å². The van der Waals surface area contributed by atoms with Crippen LogP contribution in [0.3, 0.4) is 0 Å². The Kier molecular flexibility index (Phi) is 3.63. The van der Waals surface area contributed by atoms with Crippen molar-refractivity contribution in [3.8, 4) is 0 Å². The van der Waals surface area contributed by atoms with Crippen molar-refractivity contribution in [2.45, 2.75) is 57.9 Å². The van der Waals surface area contributed by atoms with Crippen molar-refractivity contribution in [3.63, 3.8) is 0 Å². The van der Waals surface area contributed by atoms with Crippen LogP contribution >= 0.6 is 0 Å². The lowest BCUT2D eigenvalue weighted by molar-refractivity contribution is 0.416. The van der Waals surface area contributed by atoms with E-state index in [1.807, 2.05) is 0 Å². The first kappa shape index (κ1) is 10.2. The predicted molar refractivity (Wildman–Crippen MR) is 61.4 cm³/mol. The molecular formula is C13H23N. The van der Waals surface area contributed by atoms with Gasteiger partial charge in [-0.1, -0.05) is 30.9 Å². The summed E-state index contributed by atoms with van der Waals surface area (Å²) in [5, 5.41) is 3.58. The van der Waals surface area contributed by atoms with Crippen LogP contribution in [0, 0.1) is 5.92 Å². The maximum Gasteiger partial charge on any atom is 0.0277 e. The fourth-order valence-corrected chi connectivity index (χ4v) is 2.86. The Hall–Kier alpha value is -0.300. The molecule has 2 fully saturated rings. The average molecular weight is 193 g/mol. The average Bonchev–Trinajstić information content (AvgIpc) is 2.72. The molecule has 2 aliphatic rings. The third-order valence-corrected chi connectivity index (χ3v) is 3.76. The Morgan fingerprint density at radius 3 is 2.50 bits per heavy atom. The SMILES string of the molecule is C/C(=C/C1CCCCC1)C1CCCN1. The summed E-state index contributed by atoms with van der Waals surface area (Å²) in [5.41, 5.74) is 1.61. The molecule has 1 aliphatic carbocycles. The van der Waals surface area contributed by atoms with E-state index in [0.717, 1.165) is 5.92 Å². The summed E-state index contributed by atoms with van der Waals surface area (Å²) in [7, 11) is 0. The third-order valence-electron chi connectivity index (χ3n) is 3.76. The summed E-state index contributed by atoms with van der Waals surface area (Å²) in [5.74, 6) is 0.895. The van der Waals surface area contributed by atoms with Gasteiger partial charge in [-0.2, -0.15) is 0 Å². The highest BCUT2D eigenvalue weighted by atomic mass is 14.9. The zero-order valence-electron chi connectivity index (χ0n) is 9.39. The smallest absolute Gasteiger partial charge is 0.0277 e. The Morgan fingerprint density at radius 2 is 1.86 bits per heavy atom. The molecule has 1 nitrogen and oxygen atoms in total. The normalized spacial score (nSPS) is 30.9. The molecule has 80 valence electrons. The predicted octanol–water partition coefficient (Wildman–Crippen LogP) is 3.27. The summed E-state index contributed by atoms with van der Waals surface area (Å²) in [6.07, 6.45) is 12.5. The van der Waals surface area contributed by atoms with E-state index in [4.69, 9.17) is 0 Å². The van der Waals surface area contributed by atoms with Gasteiger partial charge in [0.25, 0.3) is 0 Å². The number of rotatable bonds is 2. The molecule has 1 heterocycles. The summed E-state index contributed by atoms with van der Waals surface area (Å²) < 4.78 is 0. The first-order valence-corrected chi connectivity index (χ1v) is 6.28. The van der Waals surface area contributed by atoms with Crippen molar-refractivity contribution in [2.75, 3.05) is 6.54 Å². The van der Waals surface area contributed by atoms with Gasteiger partial charge in [0.05, 0.1) is 0 Å². The second kappa shape index (κ2) is 4.97. The number of hydrogen-bond acceptors (Lipinski definition) is 1. The van der Waals surface area contributed by atoms with E-state index in [9.17, 15) is 0 Å². The fourth-order valence-electron chi connectivity index (χ4n) is 2.86. The fraction of sp³-hybridized carbons (Fsp3) is 0.846. The zero-order chi connectivity index (χ0) is 9.80. The molecule has 1 aliphatic heterocycles. The quantitative estimate of drug-likeness (QED) is 0.664. The minimum absolute atomic E-state index is 0.705. The Morgan fingerprint density at radius 1 is 1.07 bits per heavy atom. The van der Waals surface area contributed by atoms with E-state index in [2.05, 4.69) is 18.3 Å². The van der Waals surface area contributed by atoms with Gasteiger partial charge in [-0.05, 0) is 45.1 Å². The van der Waals surface area contributed by atoms with E-state index in [-0.39, 0.29) is 0 Å². The van der Waals surface area contributed by atoms with Gasteiger partial charge in [-0.15, -0.1) is 0 Å². The molecule has 0 spiro atoms. The third kappa shape index (κ3) is 2.60. The lowest BCUT2D eigenvalue weighted by Gasteiger charge is -2.20. The molecule has 0 radical (unpaired) electrons. The van der Waals surface area contributed by atoms with Gasteiger partial charge in [0.2, 0.25) is 0 Å². The summed E-state index contributed by atoms with van der Waals surface area (Å²) >= 11 is 0. The number of hydrogen-bond donors (Lipinski definition) is 1. The van der Waals surface area contributed by atoms with Crippen LogP contribution in [0.15, 0.2) is 11.6 Å². The lowest BCUT2D eigenvalue weighted by atomic mass is 9.87. The van der Waals surface area contributed by atoms with E-state index in [1.54, 1.807) is 5.57 Å². The van der Waals surface area contributed by atoms with Crippen LogP contribution < -0.4 is 5.32 Å². The molecule has 1 saturated heterocycles. The second-order valence-corrected chi connectivity index (χ2v) is 4.96. The van der Waals surface area contributed by atoms with Crippen LogP contribution in [-0.4, -0.2) is 12.6 Å². The first-order chi connectivity index (χ1) is 6.86. The summed E-state index contributed by atoms with van der Waals surface area (Å²) in [6.45, 7) is 3.54. The molecule has 0 aromatic rings. The molecular weight excluding hydrogens is 170 g/mol. The van der Waals surface area contributed by atoms with Crippen LogP contribution in [0.25, 0.3) is 0 Å². The van der Waals surface area contributed by atoms with Crippen LogP contribution in [0.5, 0.6) is 0 Å². The maximum absolute atomic E-state index is 3.58. The summed E-state index contributed by atoms with van der Waals surface area (Å²) in [6, 6.07) is 0.705. The van der Waals surface area contributed by atoms with Gasteiger partial charge in [-0.3, -0.25) is 0 Å². The first-order valence-electron chi connectivity index (χ1n) is 6.28. The van der Waals surface area contributed by atoms with Crippen molar-refractivity contribution in [3.05, 3.63) is 11.6 Å². The van der Waals surface area contributed by atoms with Crippen molar-refractivity contribution in [1.82, 2.24) is 5.32 Å². The molecule has 2 rings (SSSR count). The standard InChI is InChI=1S/C13H23N/c1-11(13-8-5-9-14-13)10-12-6-3-2-4-7-12/h10,12-14H,2-9H2,1H3/b11-10-. The van der Waals surface area contributed by atoms with Crippen LogP contribution in [-0.2, 0) is 0 Å². The minimum atomic E-state index is 0.705. The number of allylic oxidation sites excluding steroid dienone is 1. The van der Waals surface area contributed by atoms with Crippen LogP contribution in [0.2, 0.25) is 0 Å². The lowest BCUT2D eigenvalue weighted by Crippen LogP contribution is -2.23. The minimum Gasteiger partial charge on any atom is -0.310 e. The maximum atomic E-state index is 3.58. The van der Waals surface area contributed by atoms with Gasteiger partial charge < -0.3 is 5.32 Å². The van der Waals surface area contributed by atoms with Crippen molar-refractivity contribution in [2.24, 2.45) is 5.92 Å². The molecule has 1 saturated carbocycles. The van der Waals surface area contributed by atoms with Crippen molar-refractivity contribution < 1.29 is 0 Å². The molecule has 0 bridgehead atoms. The second-order valence-electron chi connectivity index (χ2n) is 4.96. The topological polar surface area (TPSA) is 12.0 Å². The molecule has 0 aromatic carbocycles. The molecule has 1 heteroatoms. The Bertz CT molecular complexity index is 195. The van der Waals surface area contributed by atoms with Gasteiger partial charge in [-0.25, -0.2) is 0 Å². The number of nitrogens with one attached hydrogen (secondary N) is 1. The zero-order valence-corrected chi connectivity index (χ0v) is 9.39. The highest BCUT2D eigenvalue weighted by Crippen LogP contribution is 2.27. The molecule has 0 amide bonds. The monoisotopic (exact) mass is 193 g/mol. The molecule has 1 atom stereocenters. The van der Waals surface area contributed by atoms with E-state index in [1.165, 1.54) is 51.5 Å². The summed E-state index contributed by atoms with van der Waals surface area (Å²) in [4.78, 5) is 0. The van der Waals surface area contributed by atoms with Crippen LogP contribution in [0.4, 0.5) is 0 Å². The molecule has 1 unspecified atom stereocenters. The highest BCUT2D eigenvalue weighted by Gasteiger charge is 2.17. The van der Waals surface area contributed by atoms with E-state index in [0.29, 0.717) is 6.04 Å². The van der Waals surface area contributed by atoms with Crippen LogP contribution in [0.1, 0.15) is 51.9 Å². The Balaban J connectivity index is 1.87. The largest absolute Gasteiger partial charge is 0.310 e. The van der Waals surface area contributed by atoms with Gasteiger partial charge in [0.1, 0.15) is 0 Å².